The molecule has 0 aromatic carbocycles. The molecular weight excluding hydrogens is 190 g/mol. The van der Waals surface area contributed by atoms with Crippen LogP contribution in [-0.2, 0) is 0 Å². The molecule has 0 aromatic heterocycles. The van der Waals surface area contributed by atoms with E-state index in [1.807, 2.05) is 0 Å². The van der Waals surface area contributed by atoms with Crippen LogP contribution in [-0.4, -0.2) is 17.2 Å². The van der Waals surface area contributed by atoms with Crippen molar-refractivity contribution in [3.05, 3.63) is 0 Å². The van der Waals surface area contributed by atoms with E-state index >= 15 is 0 Å². The molecule has 3 fully saturated rings. The highest BCUT2D eigenvalue weighted by atomic mass is 32.2. The average molecular weight is 211 g/mol. The molecule has 0 amide bonds. The smallest absolute Gasteiger partial charge is 0.0647 e. The first-order valence-corrected chi connectivity index (χ1v) is 7.26. The van der Waals surface area contributed by atoms with Crippen molar-refractivity contribution in [3.63, 3.8) is 0 Å². The second-order valence-corrected chi connectivity index (χ2v) is 6.80. The van der Waals surface area contributed by atoms with Crippen molar-refractivity contribution in [3.8, 4) is 0 Å². The molecule has 1 heterocycles. The fourth-order valence-electron chi connectivity index (χ4n) is 3.25. The largest absolute Gasteiger partial charge is 0.303 e. The summed E-state index contributed by atoms with van der Waals surface area (Å²) in [5.41, 5.74) is 0. The molecule has 3 aliphatic rings. The summed E-state index contributed by atoms with van der Waals surface area (Å²) >= 11 is 2.22. The molecule has 2 atom stereocenters. The van der Waals surface area contributed by atoms with Gasteiger partial charge in [-0.1, -0.05) is 6.42 Å². The van der Waals surface area contributed by atoms with Gasteiger partial charge in [0.1, 0.15) is 0 Å². The fourth-order valence-corrected chi connectivity index (χ4v) is 4.75. The van der Waals surface area contributed by atoms with Crippen LogP contribution in [0.25, 0.3) is 0 Å². The van der Waals surface area contributed by atoms with E-state index in [4.69, 9.17) is 0 Å². The first-order valence-electron chi connectivity index (χ1n) is 6.27. The van der Waals surface area contributed by atoms with Crippen LogP contribution >= 0.6 is 11.8 Å². The van der Waals surface area contributed by atoms with Crippen LogP contribution < -0.4 is 5.32 Å². The van der Waals surface area contributed by atoms with Crippen molar-refractivity contribution in [1.82, 2.24) is 5.32 Å². The minimum Gasteiger partial charge on any atom is -0.303 e. The minimum atomic E-state index is 0.518. The van der Waals surface area contributed by atoms with E-state index in [-0.39, 0.29) is 0 Å². The lowest BCUT2D eigenvalue weighted by Gasteiger charge is -2.44. The van der Waals surface area contributed by atoms with Gasteiger partial charge < -0.3 is 5.32 Å². The van der Waals surface area contributed by atoms with Crippen LogP contribution in [0.3, 0.4) is 0 Å². The molecule has 80 valence electrons. The molecule has 14 heavy (non-hydrogen) atoms. The standard InChI is InChI=1S/C12H21NS/c1-3-11(10-4-5-10)9-12(6-1)13-7-2-8-14-12/h10-11,13H,1-9H2. The highest BCUT2D eigenvalue weighted by molar-refractivity contribution is 8.00. The zero-order chi connectivity index (χ0) is 9.43. The minimum absolute atomic E-state index is 0.518. The van der Waals surface area contributed by atoms with Gasteiger partial charge in [0, 0.05) is 0 Å². The van der Waals surface area contributed by atoms with Gasteiger partial charge in [0.2, 0.25) is 0 Å². The summed E-state index contributed by atoms with van der Waals surface area (Å²) in [5.74, 6) is 3.59. The summed E-state index contributed by atoms with van der Waals surface area (Å²) in [6, 6.07) is 0. The van der Waals surface area contributed by atoms with Crippen LogP contribution in [0.1, 0.15) is 44.9 Å². The van der Waals surface area contributed by atoms with Crippen molar-refractivity contribution in [2.75, 3.05) is 12.3 Å². The molecule has 0 aromatic rings. The van der Waals surface area contributed by atoms with E-state index in [1.54, 1.807) is 0 Å². The Morgan fingerprint density at radius 3 is 2.71 bits per heavy atom. The summed E-state index contributed by atoms with van der Waals surface area (Å²) < 4.78 is 0. The van der Waals surface area contributed by atoms with Gasteiger partial charge >= 0.3 is 0 Å². The van der Waals surface area contributed by atoms with Crippen LogP contribution in [0.4, 0.5) is 0 Å². The maximum Gasteiger partial charge on any atom is 0.0647 e. The third-order valence-corrected chi connectivity index (χ3v) is 5.74. The van der Waals surface area contributed by atoms with Gasteiger partial charge in [0.05, 0.1) is 4.87 Å². The number of rotatable bonds is 1. The number of nitrogens with one attached hydrogen (secondary N) is 1. The number of hydrogen-bond acceptors (Lipinski definition) is 2. The maximum absolute atomic E-state index is 3.81. The second kappa shape index (κ2) is 3.71. The topological polar surface area (TPSA) is 12.0 Å². The lowest BCUT2D eigenvalue weighted by atomic mass is 9.82. The summed E-state index contributed by atoms with van der Waals surface area (Å²) in [6.07, 6.45) is 10.3. The van der Waals surface area contributed by atoms with Crippen molar-refractivity contribution >= 4 is 11.8 Å². The molecule has 3 rings (SSSR count). The van der Waals surface area contributed by atoms with Gasteiger partial charge in [0.25, 0.3) is 0 Å². The molecule has 1 spiro atoms. The fraction of sp³-hybridized carbons (Fsp3) is 1.00. The van der Waals surface area contributed by atoms with Crippen molar-refractivity contribution in [1.29, 1.82) is 0 Å². The highest BCUT2D eigenvalue weighted by Crippen LogP contribution is 2.50. The van der Waals surface area contributed by atoms with Gasteiger partial charge in [-0.2, -0.15) is 0 Å². The van der Waals surface area contributed by atoms with E-state index in [9.17, 15) is 0 Å². The van der Waals surface area contributed by atoms with Crippen molar-refractivity contribution < 1.29 is 0 Å². The quantitative estimate of drug-likeness (QED) is 0.715. The zero-order valence-electron chi connectivity index (χ0n) is 8.93. The molecule has 1 N–H and O–H groups in total. The average Bonchev–Trinajstić information content (AvgIpc) is 3.02. The molecule has 1 saturated heterocycles. The van der Waals surface area contributed by atoms with Crippen LogP contribution in [0.5, 0.6) is 0 Å². The summed E-state index contributed by atoms with van der Waals surface area (Å²) in [6.45, 7) is 1.27. The Labute approximate surface area is 91.4 Å². The SMILES string of the molecule is C1CNC2(CCCC(C3CC3)C2)SC1. The lowest BCUT2D eigenvalue weighted by molar-refractivity contribution is 0.234. The van der Waals surface area contributed by atoms with Gasteiger partial charge in [-0.15, -0.1) is 11.8 Å². The molecule has 2 heteroatoms. The molecule has 2 aliphatic carbocycles. The molecule has 1 nitrogen and oxygen atoms in total. The molecule has 2 saturated carbocycles. The molecule has 0 radical (unpaired) electrons. The van der Waals surface area contributed by atoms with Gasteiger partial charge in [-0.3, -0.25) is 0 Å². The predicted molar refractivity (Wildman–Crippen MR) is 62.5 cm³/mol. The van der Waals surface area contributed by atoms with E-state index in [0.29, 0.717) is 4.87 Å². The van der Waals surface area contributed by atoms with Crippen LogP contribution in [0.2, 0.25) is 0 Å². The van der Waals surface area contributed by atoms with Gasteiger partial charge in [-0.05, 0) is 62.7 Å². The number of thioether (sulfide) groups is 1. The summed E-state index contributed by atoms with van der Waals surface area (Å²) in [5, 5.41) is 3.81. The Morgan fingerprint density at radius 2 is 2.00 bits per heavy atom. The van der Waals surface area contributed by atoms with Crippen LogP contribution in [0.15, 0.2) is 0 Å². The second-order valence-electron chi connectivity index (χ2n) is 5.32. The Bertz CT molecular complexity index is 201. The Balaban J connectivity index is 1.66. The Kier molecular flexibility index (Phi) is 2.53. The summed E-state index contributed by atoms with van der Waals surface area (Å²) in [7, 11) is 0. The monoisotopic (exact) mass is 211 g/mol. The van der Waals surface area contributed by atoms with E-state index < -0.39 is 0 Å². The summed E-state index contributed by atoms with van der Waals surface area (Å²) in [4.78, 5) is 0.518. The first-order chi connectivity index (χ1) is 6.88. The maximum atomic E-state index is 3.81. The normalized spacial score (nSPS) is 44.1. The van der Waals surface area contributed by atoms with E-state index in [0.717, 1.165) is 11.8 Å². The van der Waals surface area contributed by atoms with E-state index in [1.165, 1.54) is 57.2 Å². The van der Waals surface area contributed by atoms with Crippen molar-refractivity contribution in [2.45, 2.75) is 49.8 Å². The van der Waals surface area contributed by atoms with Crippen LogP contribution in [0, 0.1) is 11.8 Å². The first kappa shape index (κ1) is 9.53. The highest BCUT2D eigenvalue weighted by Gasteiger charge is 2.42. The third-order valence-electron chi connectivity index (χ3n) is 4.18. The third kappa shape index (κ3) is 1.83. The zero-order valence-corrected chi connectivity index (χ0v) is 9.74. The van der Waals surface area contributed by atoms with Crippen molar-refractivity contribution in [2.24, 2.45) is 11.8 Å². The van der Waals surface area contributed by atoms with Gasteiger partial charge in [-0.25, -0.2) is 0 Å². The molecule has 1 aliphatic heterocycles. The van der Waals surface area contributed by atoms with Gasteiger partial charge in [0.15, 0.2) is 0 Å². The molecular formula is C12H21NS. The molecule has 0 bridgehead atoms. The lowest BCUT2D eigenvalue weighted by Crippen LogP contribution is -2.49. The molecule has 2 unspecified atom stereocenters. The van der Waals surface area contributed by atoms with E-state index in [2.05, 4.69) is 17.1 Å². The number of hydrogen-bond donors (Lipinski definition) is 1. The Morgan fingerprint density at radius 1 is 1.07 bits per heavy atom. The Hall–Kier alpha value is 0.310. The predicted octanol–water partition coefficient (Wildman–Crippen LogP) is 3.01.